The van der Waals surface area contributed by atoms with Crippen molar-refractivity contribution in [2.45, 2.75) is 77.4 Å². The molecule has 3 fully saturated rings. The minimum absolute atomic E-state index is 0.0244. The van der Waals surface area contributed by atoms with Crippen molar-refractivity contribution < 1.29 is 46.9 Å². The monoisotopic (exact) mass is 602 g/mol. The molecule has 0 aromatic heterocycles. The Morgan fingerprint density at radius 1 is 1.09 bits per heavy atom. The molecular weight excluding hydrogens is 565 g/mol. The molecule has 1 aromatic rings. The lowest BCUT2D eigenvalue weighted by Gasteiger charge is -2.63. The normalized spacial score (nSPS) is 39.8. The molecule has 0 amide bonds. The van der Waals surface area contributed by atoms with Crippen LogP contribution in [0.5, 0.6) is 0 Å². The average Bonchev–Trinajstić information content (AvgIpc) is 3.16. The fourth-order valence-corrected chi connectivity index (χ4v) is 8.45. The van der Waals surface area contributed by atoms with Crippen LogP contribution in [0.3, 0.4) is 0 Å². The minimum atomic E-state index is -2.39. The maximum Gasteiger partial charge on any atom is 0.351 e. The molecule has 0 unspecified atom stereocenters. The zero-order chi connectivity index (χ0) is 31.7. The number of hydrogen-bond donors (Lipinski definition) is 1. The quantitative estimate of drug-likeness (QED) is 0.359. The van der Waals surface area contributed by atoms with Crippen LogP contribution in [0.4, 0.5) is 13.2 Å². The molecule has 0 heterocycles. The fourth-order valence-electron chi connectivity index (χ4n) is 8.45. The van der Waals surface area contributed by atoms with Crippen molar-refractivity contribution in [3.63, 3.8) is 0 Å². The van der Waals surface area contributed by atoms with Crippen molar-refractivity contribution in [2.75, 3.05) is 6.61 Å². The van der Waals surface area contributed by atoms with Crippen LogP contribution in [-0.4, -0.2) is 58.8 Å². The van der Waals surface area contributed by atoms with Gasteiger partial charge in [-0.25, -0.2) is 18.0 Å². The van der Waals surface area contributed by atoms with Crippen LogP contribution in [0.15, 0.2) is 48.1 Å². The molecule has 10 heteroatoms. The molecule has 232 valence electrons. The van der Waals surface area contributed by atoms with E-state index in [1.54, 1.807) is 27.7 Å². The number of carbonyl (C=O) groups is 4. The Kier molecular flexibility index (Phi) is 7.55. The van der Waals surface area contributed by atoms with Crippen LogP contribution in [-0.2, 0) is 23.9 Å². The molecular formula is C33H37F3O7. The molecule has 1 N–H and O–H groups in total. The van der Waals surface area contributed by atoms with Crippen molar-refractivity contribution in [1.82, 2.24) is 0 Å². The van der Waals surface area contributed by atoms with Crippen molar-refractivity contribution in [1.29, 1.82) is 0 Å². The molecule has 4 aliphatic rings. The average molecular weight is 603 g/mol. The van der Waals surface area contributed by atoms with Gasteiger partial charge in [-0.1, -0.05) is 33.8 Å². The summed E-state index contributed by atoms with van der Waals surface area (Å²) in [5, 5.41) is 11.6. The van der Waals surface area contributed by atoms with E-state index in [-0.39, 0.29) is 30.4 Å². The van der Waals surface area contributed by atoms with E-state index in [1.807, 2.05) is 0 Å². The van der Waals surface area contributed by atoms with Gasteiger partial charge >= 0.3 is 11.9 Å². The van der Waals surface area contributed by atoms with Crippen molar-refractivity contribution >= 4 is 23.5 Å². The van der Waals surface area contributed by atoms with Gasteiger partial charge in [-0.2, -0.15) is 0 Å². The van der Waals surface area contributed by atoms with Gasteiger partial charge in [-0.15, -0.1) is 0 Å². The molecule has 0 spiro atoms. The van der Waals surface area contributed by atoms with Gasteiger partial charge < -0.3 is 14.6 Å². The van der Waals surface area contributed by atoms with Crippen LogP contribution < -0.4 is 0 Å². The predicted octanol–water partition coefficient (Wildman–Crippen LogP) is 5.05. The zero-order valence-electron chi connectivity index (χ0n) is 24.9. The summed E-state index contributed by atoms with van der Waals surface area (Å²) in [5.41, 5.74) is -7.35. The van der Waals surface area contributed by atoms with Gasteiger partial charge in [0.1, 0.15) is 12.0 Å². The molecule has 43 heavy (non-hydrogen) atoms. The summed E-state index contributed by atoms with van der Waals surface area (Å²) in [6.07, 6.45) is -0.310. The Bertz CT molecular complexity index is 1420. The smallest absolute Gasteiger partial charge is 0.351 e. The van der Waals surface area contributed by atoms with Crippen molar-refractivity contribution in [3.05, 3.63) is 59.4 Å². The molecule has 9 atom stereocenters. The number of aliphatic hydroxyl groups excluding tert-OH is 1. The van der Waals surface area contributed by atoms with Gasteiger partial charge in [0.25, 0.3) is 0 Å². The van der Waals surface area contributed by atoms with Gasteiger partial charge in [0.15, 0.2) is 23.8 Å². The molecule has 7 nitrogen and oxygen atoms in total. The first kappa shape index (κ1) is 31.2. The topological polar surface area (TPSA) is 107 Å². The van der Waals surface area contributed by atoms with E-state index in [4.69, 9.17) is 9.47 Å². The lowest BCUT2D eigenvalue weighted by atomic mass is 9.44. The highest BCUT2D eigenvalue weighted by molar-refractivity contribution is 6.01. The first-order chi connectivity index (χ1) is 20.0. The predicted molar refractivity (Wildman–Crippen MR) is 149 cm³/mol. The number of hydrogen-bond acceptors (Lipinski definition) is 7. The van der Waals surface area contributed by atoms with Crippen LogP contribution in [0.2, 0.25) is 0 Å². The largest absolute Gasteiger partial charge is 0.454 e. The number of carbonyl (C=O) groups excluding carboxylic acids is 4. The molecule has 5 rings (SSSR count). The maximum atomic E-state index is 17.6. The molecule has 1 aromatic carbocycles. The Balaban J connectivity index is 1.55. The van der Waals surface area contributed by atoms with Crippen LogP contribution in [0.1, 0.15) is 64.2 Å². The Morgan fingerprint density at radius 2 is 1.74 bits per heavy atom. The number of ether oxygens (including phenoxy) is 2. The Hall–Kier alpha value is -3.27. The number of fused-ring (bicyclic) bond motifs is 5. The van der Waals surface area contributed by atoms with Crippen LogP contribution >= 0.6 is 0 Å². The van der Waals surface area contributed by atoms with Gasteiger partial charge in [0, 0.05) is 28.2 Å². The minimum Gasteiger partial charge on any atom is -0.454 e. The summed E-state index contributed by atoms with van der Waals surface area (Å²) in [7, 11) is 0. The SMILES string of the molecule is CC(C)C(=O)O[C@]1(C(=O)OCC(=O)c2ccc(F)cc2)[C@H](C)C[C@H]2[C@@H]3C[C@H](F)C4=CC(=O)C=C[C@]4(C)[C@@]3(F)[C@@H](O)C[C@@]21C. The lowest BCUT2D eigenvalue weighted by molar-refractivity contribution is -0.239. The van der Waals surface area contributed by atoms with Crippen LogP contribution in [0.25, 0.3) is 0 Å². The van der Waals surface area contributed by atoms with E-state index in [1.165, 1.54) is 31.2 Å². The van der Waals surface area contributed by atoms with Crippen molar-refractivity contribution in [3.8, 4) is 0 Å². The Labute approximate surface area is 248 Å². The van der Waals surface area contributed by atoms with E-state index >= 15 is 8.78 Å². The number of alkyl halides is 2. The summed E-state index contributed by atoms with van der Waals surface area (Å²) in [4.78, 5) is 52.1. The third kappa shape index (κ3) is 4.34. The second-order valence-electron chi connectivity index (χ2n) is 13.3. The summed E-state index contributed by atoms with van der Waals surface area (Å²) in [5.74, 6) is -6.61. The summed E-state index contributed by atoms with van der Waals surface area (Å²) in [6, 6.07) is 4.69. The number of allylic oxidation sites excluding steroid dienone is 4. The first-order valence-corrected chi connectivity index (χ1v) is 14.7. The highest BCUT2D eigenvalue weighted by atomic mass is 19.1. The van der Waals surface area contributed by atoms with Gasteiger partial charge in [-0.3, -0.25) is 14.4 Å². The van der Waals surface area contributed by atoms with E-state index in [9.17, 15) is 28.7 Å². The number of halogens is 3. The fraction of sp³-hybridized carbons (Fsp3) is 0.576. The standard InChI is InChI=1S/C33H37F3O7/c1-17(2)28(40)43-33(29(41)42-16-26(38)19-6-8-20(34)9-7-19)18(3)12-22-23-14-25(35)24-13-21(37)10-11-30(24,4)32(23,36)27(39)15-31(22,33)5/h6-11,13,17-18,22-23,25,27,39H,12,14-16H2,1-5H3/t18-,22+,23+,25+,27+,30+,31+,32+,33+/m1/s1. The van der Waals surface area contributed by atoms with Gasteiger partial charge in [0.05, 0.1) is 12.0 Å². The summed E-state index contributed by atoms with van der Waals surface area (Å²) in [6.45, 7) is 7.21. The number of rotatable bonds is 6. The van der Waals surface area contributed by atoms with Crippen molar-refractivity contribution in [2.24, 2.45) is 34.5 Å². The Morgan fingerprint density at radius 3 is 2.37 bits per heavy atom. The van der Waals surface area contributed by atoms with E-state index in [2.05, 4.69) is 0 Å². The zero-order valence-corrected chi connectivity index (χ0v) is 24.9. The summed E-state index contributed by atoms with van der Waals surface area (Å²) >= 11 is 0. The maximum absolute atomic E-state index is 17.6. The van der Waals surface area contributed by atoms with E-state index in [0.29, 0.717) is 0 Å². The molecule has 4 aliphatic carbocycles. The molecule has 0 saturated heterocycles. The number of ketones is 2. The molecule has 3 saturated carbocycles. The summed E-state index contributed by atoms with van der Waals surface area (Å²) < 4.78 is 58.2. The highest BCUT2D eigenvalue weighted by Gasteiger charge is 2.78. The number of benzene rings is 1. The van der Waals surface area contributed by atoms with E-state index in [0.717, 1.165) is 18.2 Å². The number of Topliss-reactive ketones (excluding diaryl/α,β-unsaturated/α-hetero) is 1. The van der Waals surface area contributed by atoms with E-state index < -0.39 is 94.0 Å². The van der Waals surface area contributed by atoms with Crippen LogP contribution in [0, 0.1) is 40.3 Å². The lowest BCUT2D eigenvalue weighted by Crippen LogP contribution is -2.71. The number of esters is 2. The second kappa shape index (κ2) is 10.4. The highest BCUT2D eigenvalue weighted by Crippen LogP contribution is 2.71. The van der Waals surface area contributed by atoms with Gasteiger partial charge in [0.2, 0.25) is 5.60 Å². The third-order valence-electron chi connectivity index (χ3n) is 10.7. The number of aliphatic hydroxyl groups is 1. The molecule has 0 aliphatic heterocycles. The molecule has 0 bridgehead atoms. The first-order valence-electron chi connectivity index (χ1n) is 14.7. The van der Waals surface area contributed by atoms with Gasteiger partial charge in [-0.05, 0) is 74.1 Å². The third-order valence-corrected chi connectivity index (χ3v) is 10.7. The molecule has 0 radical (unpaired) electrons. The second-order valence-corrected chi connectivity index (χ2v) is 13.3.